The lowest BCUT2D eigenvalue weighted by Crippen LogP contribution is -2.11. The van der Waals surface area contributed by atoms with Crippen LogP contribution in [0.3, 0.4) is 0 Å². The molecule has 1 saturated heterocycles. The second-order valence-electron chi connectivity index (χ2n) is 4.19. The molecule has 1 aromatic carbocycles. The van der Waals surface area contributed by atoms with E-state index in [1.807, 2.05) is 0 Å². The molecule has 1 aromatic rings. The molecule has 1 unspecified atom stereocenters. The first-order valence-corrected chi connectivity index (χ1v) is 5.77. The highest BCUT2D eigenvalue weighted by Gasteiger charge is 2.20. The molecule has 0 spiro atoms. The Labute approximate surface area is 98.6 Å². The maximum absolute atomic E-state index is 13.3. The van der Waals surface area contributed by atoms with Crippen molar-refractivity contribution in [2.24, 2.45) is 0 Å². The van der Waals surface area contributed by atoms with Gasteiger partial charge < -0.3 is 4.74 Å². The van der Waals surface area contributed by atoms with Crippen LogP contribution in [0.5, 0.6) is 0 Å². The third kappa shape index (κ3) is 2.88. The predicted octanol–water partition coefficient (Wildman–Crippen LogP) is 3.11. The van der Waals surface area contributed by atoms with Gasteiger partial charge in [0.2, 0.25) is 0 Å². The lowest BCUT2D eigenvalue weighted by molar-refractivity contribution is 0.0853. The highest BCUT2D eigenvalue weighted by Crippen LogP contribution is 2.20. The van der Waals surface area contributed by atoms with Crippen LogP contribution in [0, 0.1) is 11.6 Å². The Bertz CT molecular complexity index is 392. The standard InChI is InChI=1S/C13H14F2O2/c14-10-4-1-5-11(15)13(10)12(16)7-6-9-3-2-8-17-9/h1,4-5,9H,2-3,6-8H2. The van der Waals surface area contributed by atoms with E-state index in [0.717, 1.165) is 25.0 Å². The number of carbonyl (C=O) groups is 1. The van der Waals surface area contributed by atoms with Gasteiger partial charge in [-0.1, -0.05) is 6.07 Å². The monoisotopic (exact) mass is 240 g/mol. The molecule has 0 saturated carbocycles. The molecule has 4 heteroatoms. The Morgan fingerprint density at radius 1 is 1.35 bits per heavy atom. The third-order valence-corrected chi connectivity index (χ3v) is 2.96. The SMILES string of the molecule is O=C(CCC1CCCO1)c1c(F)cccc1F. The fourth-order valence-corrected chi connectivity index (χ4v) is 2.05. The summed E-state index contributed by atoms with van der Waals surface area (Å²) in [5, 5.41) is 0. The van der Waals surface area contributed by atoms with Crippen LogP contribution in [0.1, 0.15) is 36.0 Å². The second kappa shape index (κ2) is 5.36. The minimum atomic E-state index is -0.789. The van der Waals surface area contributed by atoms with Crippen LogP contribution in [-0.2, 0) is 4.74 Å². The van der Waals surface area contributed by atoms with Gasteiger partial charge in [0.15, 0.2) is 5.78 Å². The summed E-state index contributed by atoms with van der Waals surface area (Å²) in [7, 11) is 0. The minimum absolute atomic E-state index is 0.0637. The molecule has 2 nitrogen and oxygen atoms in total. The molecule has 0 N–H and O–H groups in total. The zero-order valence-corrected chi connectivity index (χ0v) is 9.42. The zero-order valence-electron chi connectivity index (χ0n) is 9.42. The number of rotatable bonds is 4. The third-order valence-electron chi connectivity index (χ3n) is 2.96. The van der Waals surface area contributed by atoms with Crippen LogP contribution in [-0.4, -0.2) is 18.5 Å². The first-order valence-electron chi connectivity index (χ1n) is 5.77. The number of benzene rings is 1. The molecule has 1 aliphatic rings. The lowest BCUT2D eigenvalue weighted by Gasteiger charge is -2.08. The normalized spacial score (nSPS) is 19.5. The summed E-state index contributed by atoms with van der Waals surface area (Å²) in [6.45, 7) is 0.715. The van der Waals surface area contributed by atoms with E-state index in [9.17, 15) is 13.6 Å². The Hall–Kier alpha value is -1.29. The van der Waals surface area contributed by atoms with E-state index in [1.54, 1.807) is 0 Å². The Morgan fingerprint density at radius 3 is 2.65 bits per heavy atom. The van der Waals surface area contributed by atoms with Gasteiger partial charge in [0.05, 0.1) is 11.7 Å². The van der Waals surface area contributed by atoms with E-state index >= 15 is 0 Å². The molecule has 2 rings (SSSR count). The number of hydrogen-bond acceptors (Lipinski definition) is 2. The minimum Gasteiger partial charge on any atom is -0.378 e. The van der Waals surface area contributed by atoms with Crippen LogP contribution < -0.4 is 0 Å². The molecule has 0 bridgehead atoms. The Balaban J connectivity index is 1.99. The number of carbonyl (C=O) groups excluding carboxylic acids is 1. The fourth-order valence-electron chi connectivity index (χ4n) is 2.05. The number of ether oxygens (including phenoxy) is 1. The van der Waals surface area contributed by atoms with Gasteiger partial charge in [0, 0.05) is 13.0 Å². The van der Waals surface area contributed by atoms with Crippen molar-refractivity contribution in [1.29, 1.82) is 0 Å². The molecular formula is C13H14F2O2. The largest absolute Gasteiger partial charge is 0.378 e. The van der Waals surface area contributed by atoms with Crippen molar-refractivity contribution in [3.05, 3.63) is 35.4 Å². The molecule has 1 aliphatic heterocycles. The van der Waals surface area contributed by atoms with Crippen LogP contribution >= 0.6 is 0 Å². The van der Waals surface area contributed by atoms with Crippen molar-refractivity contribution in [3.63, 3.8) is 0 Å². The van der Waals surface area contributed by atoms with E-state index < -0.39 is 23.0 Å². The molecule has 1 fully saturated rings. The first kappa shape index (κ1) is 12.2. The number of ketones is 1. The predicted molar refractivity (Wildman–Crippen MR) is 58.9 cm³/mol. The summed E-state index contributed by atoms with van der Waals surface area (Å²) in [6, 6.07) is 3.45. The van der Waals surface area contributed by atoms with E-state index in [1.165, 1.54) is 6.07 Å². The first-order chi connectivity index (χ1) is 8.18. The highest BCUT2D eigenvalue weighted by atomic mass is 19.1. The van der Waals surface area contributed by atoms with E-state index in [-0.39, 0.29) is 12.5 Å². The van der Waals surface area contributed by atoms with Gasteiger partial charge in [0.25, 0.3) is 0 Å². The molecule has 0 amide bonds. The zero-order chi connectivity index (χ0) is 12.3. The van der Waals surface area contributed by atoms with E-state index in [0.29, 0.717) is 13.0 Å². The summed E-state index contributed by atoms with van der Waals surface area (Å²) >= 11 is 0. The van der Waals surface area contributed by atoms with Crippen molar-refractivity contribution in [2.45, 2.75) is 31.8 Å². The maximum atomic E-state index is 13.3. The Morgan fingerprint density at radius 2 is 2.06 bits per heavy atom. The van der Waals surface area contributed by atoms with Crippen molar-refractivity contribution in [2.75, 3.05) is 6.61 Å². The fraction of sp³-hybridized carbons (Fsp3) is 0.462. The van der Waals surface area contributed by atoms with Crippen molar-refractivity contribution in [1.82, 2.24) is 0 Å². The van der Waals surface area contributed by atoms with Crippen molar-refractivity contribution in [3.8, 4) is 0 Å². The Kier molecular flexibility index (Phi) is 3.84. The maximum Gasteiger partial charge on any atom is 0.168 e. The summed E-state index contributed by atoms with van der Waals surface area (Å²) in [5.41, 5.74) is -0.425. The van der Waals surface area contributed by atoms with Gasteiger partial charge in [-0.05, 0) is 31.4 Å². The smallest absolute Gasteiger partial charge is 0.168 e. The molecule has 1 atom stereocenters. The molecule has 92 valence electrons. The van der Waals surface area contributed by atoms with Crippen molar-refractivity contribution >= 4 is 5.78 Å². The summed E-state index contributed by atoms with van der Waals surface area (Å²) < 4.78 is 32.0. The molecule has 0 aromatic heterocycles. The van der Waals surface area contributed by atoms with Gasteiger partial charge in [-0.2, -0.15) is 0 Å². The van der Waals surface area contributed by atoms with Crippen molar-refractivity contribution < 1.29 is 18.3 Å². The number of Topliss-reactive ketones (excluding diaryl/α,β-unsaturated/α-hetero) is 1. The topological polar surface area (TPSA) is 26.3 Å². The van der Waals surface area contributed by atoms with E-state index in [4.69, 9.17) is 4.74 Å². The molecular weight excluding hydrogens is 226 g/mol. The van der Waals surface area contributed by atoms with E-state index in [2.05, 4.69) is 0 Å². The van der Waals surface area contributed by atoms with Gasteiger partial charge in [-0.15, -0.1) is 0 Å². The molecule has 0 aliphatic carbocycles. The van der Waals surface area contributed by atoms with Gasteiger partial charge in [0.1, 0.15) is 11.6 Å². The quantitative estimate of drug-likeness (QED) is 0.756. The summed E-state index contributed by atoms with van der Waals surface area (Å²) in [6.07, 6.45) is 2.64. The van der Waals surface area contributed by atoms with Crippen LogP contribution in [0.4, 0.5) is 8.78 Å². The van der Waals surface area contributed by atoms with Crippen LogP contribution in [0.2, 0.25) is 0 Å². The average Bonchev–Trinajstić information content (AvgIpc) is 2.79. The van der Waals surface area contributed by atoms with Crippen LogP contribution in [0.25, 0.3) is 0 Å². The lowest BCUT2D eigenvalue weighted by atomic mass is 10.0. The number of hydrogen-bond donors (Lipinski definition) is 0. The number of halogens is 2. The average molecular weight is 240 g/mol. The second-order valence-corrected chi connectivity index (χ2v) is 4.19. The molecule has 0 radical (unpaired) electrons. The molecule has 17 heavy (non-hydrogen) atoms. The summed E-state index contributed by atoms with van der Waals surface area (Å²) in [4.78, 5) is 11.7. The van der Waals surface area contributed by atoms with Gasteiger partial charge in [-0.25, -0.2) is 8.78 Å². The molecule has 1 heterocycles. The summed E-state index contributed by atoms with van der Waals surface area (Å²) in [5.74, 6) is -2.07. The van der Waals surface area contributed by atoms with Gasteiger partial charge in [-0.3, -0.25) is 4.79 Å². The highest BCUT2D eigenvalue weighted by molar-refractivity contribution is 5.96. The van der Waals surface area contributed by atoms with Crippen LogP contribution in [0.15, 0.2) is 18.2 Å². The van der Waals surface area contributed by atoms with Gasteiger partial charge >= 0.3 is 0 Å².